The third-order valence-corrected chi connectivity index (χ3v) is 3.20. The van der Waals surface area contributed by atoms with Gasteiger partial charge in [0.05, 0.1) is 12.6 Å². The maximum absolute atomic E-state index is 6.00. The summed E-state index contributed by atoms with van der Waals surface area (Å²) in [5.74, 6) is 1.14. The molecule has 1 aliphatic heterocycles. The molecule has 6 nitrogen and oxygen atoms in total. The van der Waals surface area contributed by atoms with Gasteiger partial charge in [-0.25, -0.2) is 0 Å². The van der Waals surface area contributed by atoms with Crippen molar-refractivity contribution in [3.05, 3.63) is 11.7 Å². The second-order valence-corrected chi connectivity index (χ2v) is 4.86. The zero-order chi connectivity index (χ0) is 13.0. The Morgan fingerprint density at radius 2 is 2.39 bits per heavy atom. The van der Waals surface area contributed by atoms with Crippen molar-refractivity contribution in [1.29, 1.82) is 0 Å². The second-order valence-electron chi connectivity index (χ2n) is 4.86. The van der Waals surface area contributed by atoms with E-state index in [0.717, 1.165) is 32.4 Å². The molecule has 0 aromatic carbocycles. The highest BCUT2D eigenvalue weighted by Gasteiger charge is 2.25. The number of ether oxygens (including phenoxy) is 1. The molecular weight excluding hydrogens is 232 g/mol. The van der Waals surface area contributed by atoms with Crippen LogP contribution in [-0.4, -0.2) is 41.8 Å². The molecule has 0 saturated carbocycles. The van der Waals surface area contributed by atoms with Crippen LogP contribution in [0.4, 0.5) is 0 Å². The first-order chi connectivity index (χ1) is 8.70. The molecule has 1 unspecified atom stereocenters. The van der Waals surface area contributed by atoms with Crippen LogP contribution in [-0.2, 0) is 4.74 Å². The molecule has 0 radical (unpaired) electrons. The Kier molecular flexibility index (Phi) is 4.68. The Morgan fingerprint density at radius 3 is 3.11 bits per heavy atom. The van der Waals surface area contributed by atoms with Crippen LogP contribution in [0.3, 0.4) is 0 Å². The van der Waals surface area contributed by atoms with Gasteiger partial charge in [-0.15, -0.1) is 0 Å². The van der Waals surface area contributed by atoms with E-state index in [9.17, 15) is 0 Å². The average molecular weight is 254 g/mol. The highest BCUT2D eigenvalue weighted by molar-refractivity contribution is 4.96. The lowest BCUT2D eigenvalue weighted by atomic mass is 10.1. The van der Waals surface area contributed by atoms with Crippen molar-refractivity contribution in [3.8, 4) is 0 Å². The molecule has 1 aromatic rings. The molecule has 1 aliphatic rings. The highest BCUT2D eigenvalue weighted by Crippen LogP contribution is 2.21. The molecule has 0 aliphatic carbocycles. The maximum Gasteiger partial charge on any atom is 0.243 e. The van der Waals surface area contributed by atoms with Gasteiger partial charge in [-0.2, -0.15) is 4.98 Å². The average Bonchev–Trinajstić information content (AvgIpc) is 2.85. The Labute approximate surface area is 107 Å². The Hall–Kier alpha value is -0.980. The molecular formula is C12H22N4O2. The van der Waals surface area contributed by atoms with Gasteiger partial charge >= 0.3 is 0 Å². The standard InChI is InChI=1S/C12H22N4O2/c1-3-4-5-9(13)12-14-11(15-18-12)10-8-16(2)6-7-17-10/h9-10H,3-8,13H2,1-2H3/t9-,10?/m0/s1. The molecule has 6 heteroatoms. The van der Waals surface area contributed by atoms with E-state index in [4.69, 9.17) is 15.0 Å². The number of hydrogen-bond donors (Lipinski definition) is 1. The lowest BCUT2D eigenvalue weighted by Gasteiger charge is -2.27. The minimum atomic E-state index is -0.160. The minimum absolute atomic E-state index is 0.0976. The number of unbranched alkanes of at least 4 members (excludes halogenated alkanes) is 1. The fraction of sp³-hybridized carbons (Fsp3) is 0.833. The second kappa shape index (κ2) is 6.26. The van der Waals surface area contributed by atoms with Gasteiger partial charge in [-0.1, -0.05) is 24.9 Å². The number of aromatic nitrogens is 2. The summed E-state index contributed by atoms with van der Waals surface area (Å²) >= 11 is 0. The first kappa shape index (κ1) is 13.5. The van der Waals surface area contributed by atoms with Gasteiger partial charge in [0.1, 0.15) is 6.10 Å². The molecule has 0 amide bonds. The van der Waals surface area contributed by atoms with E-state index in [2.05, 4.69) is 29.0 Å². The van der Waals surface area contributed by atoms with E-state index < -0.39 is 0 Å². The van der Waals surface area contributed by atoms with E-state index in [1.54, 1.807) is 0 Å². The first-order valence-electron chi connectivity index (χ1n) is 6.60. The van der Waals surface area contributed by atoms with Gasteiger partial charge in [0, 0.05) is 13.1 Å². The van der Waals surface area contributed by atoms with Crippen molar-refractivity contribution in [2.24, 2.45) is 5.73 Å². The van der Waals surface area contributed by atoms with Crippen molar-refractivity contribution < 1.29 is 9.26 Å². The fourth-order valence-corrected chi connectivity index (χ4v) is 2.01. The lowest BCUT2D eigenvalue weighted by molar-refractivity contribution is -0.0264. The van der Waals surface area contributed by atoms with Crippen LogP contribution in [0.2, 0.25) is 0 Å². The van der Waals surface area contributed by atoms with E-state index in [1.165, 1.54) is 0 Å². The van der Waals surface area contributed by atoms with Gasteiger partial charge in [0.15, 0.2) is 0 Å². The predicted octanol–water partition coefficient (Wildman–Crippen LogP) is 1.26. The molecule has 2 rings (SSSR count). The van der Waals surface area contributed by atoms with Crippen LogP contribution >= 0.6 is 0 Å². The van der Waals surface area contributed by atoms with Crippen molar-refractivity contribution in [1.82, 2.24) is 15.0 Å². The van der Waals surface area contributed by atoms with Gasteiger partial charge in [0.2, 0.25) is 11.7 Å². The molecule has 18 heavy (non-hydrogen) atoms. The number of rotatable bonds is 5. The zero-order valence-corrected chi connectivity index (χ0v) is 11.1. The SMILES string of the molecule is CCCC[C@H](N)c1nc(C2CN(C)CCO2)no1. The molecule has 0 spiro atoms. The Morgan fingerprint density at radius 1 is 1.56 bits per heavy atom. The molecule has 2 heterocycles. The van der Waals surface area contributed by atoms with Crippen LogP contribution in [0, 0.1) is 0 Å². The first-order valence-corrected chi connectivity index (χ1v) is 6.60. The normalized spacial score (nSPS) is 23.2. The highest BCUT2D eigenvalue weighted by atomic mass is 16.5. The van der Waals surface area contributed by atoms with Gasteiger partial charge in [-0.3, -0.25) is 0 Å². The fourth-order valence-electron chi connectivity index (χ4n) is 2.01. The summed E-state index contributed by atoms with van der Waals surface area (Å²) in [6.45, 7) is 4.57. The zero-order valence-electron chi connectivity index (χ0n) is 11.1. The topological polar surface area (TPSA) is 77.4 Å². The summed E-state index contributed by atoms with van der Waals surface area (Å²) < 4.78 is 10.9. The van der Waals surface area contributed by atoms with Gasteiger partial charge in [0.25, 0.3) is 0 Å². The summed E-state index contributed by atoms with van der Waals surface area (Å²) in [7, 11) is 2.06. The van der Waals surface area contributed by atoms with E-state index in [-0.39, 0.29) is 12.1 Å². The Balaban J connectivity index is 1.96. The van der Waals surface area contributed by atoms with Crippen LogP contribution < -0.4 is 5.73 Å². The van der Waals surface area contributed by atoms with Crippen LogP contribution in [0.5, 0.6) is 0 Å². The van der Waals surface area contributed by atoms with Crippen LogP contribution in [0.1, 0.15) is 50.0 Å². The number of likely N-dealkylation sites (N-methyl/N-ethyl adjacent to an activating group) is 1. The van der Waals surface area contributed by atoms with E-state index >= 15 is 0 Å². The van der Waals surface area contributed by atoms with Crippen molar-refractivity contribution in [2.45, 2.75) is 38.3 Å². The van der Waals surface area contributed by atoms with Crippen molar-refractivity contribution >= 4 is 0 Å². The number of morpholine rings is 1. The summed E-state index contributed by atoms with van der Waals surface area (Å²) in [5, 5.41) is 3.99. The summed E-state index contributed by atoms with van der Waals surface area (Å²) in [6, 6.07) is -0.160. The molecule has 1 aromatic heterocycles. The lowest BCUT2D eigenvalue weighted by Crippen LogP contribution is -2.35. The third-order valence-electron chi connectivity index (χ3n) is 3.20. The van der Waals surface area contributed by atoms with E-state index in [1.807, 2.05) is 0 Å². The van der Waals surface area contributed by atoms with Crippen molar-refractivity contribution in [2.75, 3.05) is 26.7 Å². The Bertz CT molecular complexity index is 369. The molecule has 0 bridgehead atoms. The largest absolute Gasteiger partial charge is 0.367 e. The molecule has 1 fully saturated rings. The predicted molar refractivity (Wildman–Crippen MR) is 66.9 cm³/mol. The summed E-state index contributed by atoms with van der Waals surface area (Å²) in [4.78, 5) is 6.56. The molecule has 1 saturated heterocycles. The quantitative estimate of drug-likeness (QED) is 0.852. The van der Waals surface area contributed by atoms with Crippen LogP contribution in [0.15, 0.2) is 4.52 Å². The van der Waals surface area contributed by atoms with Gasteiger partial charge in [-0.05, 0) is 13.5 Å². The summed E-state index contributed by atoms with van der Waals surface area (Å²) in [6.07, 6.45) is 2.97. The number of hydrogen-bond acceptors (Lipinski definition) is 6. The molecule has 102 valence electrons. The maximum atomic E-state index is 6.00. The van der Waals surface area contributed by atoms with Gasteiger partial charge < -0.3 is 19.9 Å². The number of nitrogens with zero attached hydrogens (tertiary/aromatic N) is 3. The monoisotopic (exact) mass is 254 g/mol. The summed E-state index contributed by atoms with van der Waals surface area (Å²) in [5.41, 5.74) is 6.00. The van der Waals surface area contributed by atoms with E-state index in [0.29, 0.717) is 18.3 Å². The minimum Gasteiger partial charge on any atom is -0.367 e. The third kappa shape index (κ3) is 3.28. The number of nitrogens with two attached hydrogens (primary N) is 1. The molecule has 2 atom stereocenters. The molecule has 2 N–H and O–H groups in total. The van der Waals surface area contributed by atoms with Crippen LogP contribution in [0.25, 0.3) is 0 Å². The smallest absolute Gasteiger partial charge is 0.243 e. The van der Waals surface area contributed by atoms with Crippen molar-refractivity contribution in [3.63, 3.8) is 0 Å².